The fraction of sp³-hybridized carbons (Fsp3) is 0.222. The van der Waals surface area contributed by atoms with E-state index in [1.54, 1.807) is 12.4 Å². The maximum absolute atomic E-state index is 5.67. The molecule has 2 aromatic heterocycles. The van der Waals surface area contributed by atoms with Crippen molar-refractivity contribution in [2.75, 3.05) is 5.84 Å². The number of nitrogens with zero attached hydrogens (tertiary/aromatic N) is 3. The molecule has 0 aliphatic rings. The summed E-state index contributed by atoms with van der Waals surface area (Å²) in [6.45, 7) is 0. The van der Waals surface area contributed by atoms with E-state index in [9.17, 15) is 0 Å². The normalized spacial score (nSPS) is 10.4. The van der Waals surface area contributed by atoms with Gasteiger partial charge in [0.2, 0.25) is 4.77 Å². The van der Waals surface area contributed by atoms with Crippen LogP contribution in [0.3, 0.4) is 0 Å². The van der Waals surface area contributed by atoms with Gasteiger partial charge in [-0.05, 0) is 36.3 Å². The van der Waals surface area contributed by atoms with Gasteiger partial charge in [-0.15, -0.1) is 0 Å². The van der Waals surface area contributed by atoms with E-state index in [1.807, 2.05) is 12.1 Å². The van der Waals surface area contributed by atoms with Crippen LogP contribution in [0.1, 0.15) is 11.4 Å². The number of aryl methyl sites for hydroxylation is 2. The van der Waals surface area contributed by atoms with Gasteiger partial charge in [0.1, 0.15) is 0 Å². The first-order valence-corrected chi connectivity index (χ1v) is 4.98. The Morgan fingerprint density at radius 2 is 2.07 bits per heavy atom. The summed E-state index contributed by atoms with van der Waals surface area (Å²) in [5, 5.41) is 6.69. The number of rotatable bonds is 3. The second-order valence-electron chi connectivity index (χ2n) is 3.17. The van der Waals surface area contributed by atoms with E-state index >= 15 is 0 Å². The van der Waals surface area contributed by atoms with Gasteiger partial charge in [0.25, 0.3) is 0 Å². The molecule has 2 aromatic rings. The zero-order valence-electron chi connectivity index (χ0n) is 8.05. The summed E-state index contributed by atoms with van der Waals surface area (Å²) in [5.41, 5.74) is 1.21. The molecule has 0 saturated carbocycles. The number of aromatic amines is 1. The van der Waals surface area contributed by atoms with Crippen LogP contribution in [0.25, 0.3) is 0 Å². The molecule has 15 heavy (non-hydrogen) atoms. The molecule has 0 spiro atoms. The van der Waals surface area contributed by atoms with Gasteiger partial charge in [0, 0.05) is 18.8 Å². The highest BCUT2D eigenvalue weighted by atomic mass is 32.1. The highest BCUT2D eigenvalue weighted by molar-refractivity contribution is 7.71. The smallest absolute Gasteiger partial charge is 0.214 e. The van der Waals surface area contributed by atoms with E-state index in [4.69, 9.17) is 18.1 Å². The van der Waals surface area contributed by atoms with E-state index in [-0.39, 0.29) is 0 Å². The molecule has 0 bridgehead atoms. The lowest BCUT2D eigenvalue weighted by atomic mass is 10.1. The summed E-state index contributed by atoms with van der Waals surface area (Å²) in [6, 6.07) is 3.95. The van der Waals surface area contributed by atoms with Gasteiger partial charge in [0.15, 0.2) is 5.82 Å². The van der Waals surface area contributed by atoms with Crippen molar-refractivity contribution in [3.05, 3.63) is 40.7 Å². The summed E-state index contributed by atoms with van der Waals surface area (Å²) in [7, 11) is 0. The van der Waals surface area contributed by atoms with Crippen molar-refractivity contribution in [1.82, 2.24) is 19.9 Å². The van der Waals surface area contributed by atoms with Crippen LogP contribution >= 0.6 is 12.2 Å². The first-order valence-electron chi connectivity index (χ1n) is 4.57. The number of H-pyrrole nitrogens is 1. The summed E-state index contributed by atoms with van der Waals surface area (Å²) < 4.78 is 1.84. The standard InChI is InChI=1S/C9H11N5S/c10-14-8(12-13-9(14)15)2-1-7-3-5-11-6-4-7/h3-6H,1-2,10H2,(H,13,15). The number of pyridine rings is 1. The fourth-order valence-corrected chi connectivity index (χ4v) is 1.47. The second-order valence-corrected chi connectivity index (χ2v) is 3.56. The third kappa shape index (κ3) is 2.21. The third-order valence-electron chi connectivity index (χ3n) is 2.16. The molecule has 0 aliphatic heterocycles. The Bertz CT molecular complexity index is 487. The number of hydrogen-bond acceptors (Lipinski definition) is 4. The molecule has 0 aliphatic carbocycles. The van der Waals surface area contributed by atoms with Crippen molar-refractivity contribution in [1.29, 1.82) is 0 Å². The van der Waals surface area contributed by atoms with Crippen molar-refractivity contribution in [3.8, 4) is 0 Å². The Morgan fingerprint density at radius 3 is 2.67 bits per heavy atom. The minimum absolute atomic E-state index is 0.444. The maximum atomic E-state index is 5.67. The Labute approximate surface area is 91.9 Å². The molecule has 0 atom stereocenters. The molecule has 0 amide bonds. The SMILES string of the molecule is Nn1c(CCc2ccncc2)n[nH]c1=S. The quantitative estimate of drug-likeness (QED) is 0.595. The predicted molar refractivity (Wildman–Crippen MR) is 59.2 cm³/mol. The van der Waals surface area contributed by atoms with Crippen LogP contribution in [-0.4, -0.2) is 19.9 Å². The number of nitrogens with one attached hydrogen (secondary N) is 1. The number of nitrogens with two attached hydrogens (primary N) is 1. The van der Waals surface area contributed by atoms with Gasteiger partial charge >= 0.3 is 0 Å². The van der Waals surface area contributed by atoms with Gasteiger partial charge in [-0.25, -0.2) is 4.68 Å². The highest BCUT2D eigenvalue weighted by Gasteiger charge is 2.02. The monoisotopic (exact) mass is 221 g/mol. The van der Waals surface area contributed by atoms with Crippen LogP contribution in [0, 0.1) is 4.77 Å². The number of hydrogen-bond donors (Lipinski definition) is 2. The molecule has 0 unspecified atom stereocenters. The lowest BCUT2D eigenvalue weighted by Crippen LogP contribution is -2.13. The Balaban J connectivity index is 2.06. The van der Waals surface area contributed by atoms with Gasteiger partial charge in [0.05, 0.1) is 0 Å². The lowest BCUT2D eigenvalue weighted by molar-refractivity contribution is 0.799. The maximum Gasteiger partial charge on any atom is 0.214 e. The highest BCUT2D eigenvalue weighted by Crippen LogP contribution is 2.02. The van der Waals surface area contributed by atoms with E-state index < -0.39 is 0 Å². The van der Waals surface area contributed by atoms with Crippen LogP contribution in [0.2, 0.25) is 0 Å². The number of nitrogen functional groups attached to an aromatic ring is 1. The molecule has 2 rings (SSSR count). The molecule has 5 nitrogen and oxygen atoms in total. The first kappa shape index (κ1) is 9.85. The van der Waals surface area contributed by atoms with E-state index in [1.165, 1.54) is 10.2 Å². The topological polar surface area (TPSA) is 72.5 Å². The Hall–Kier alpha value is -1.69. The summed E-state index contributed by atoms with van der Waals surface area (Å²) in [6.07, 6.45) is 5.18. The van der Waals surface area contributed by atoms with Gasteiger partial charge < -0.3 is 5.84 Å². The second kappa shape index (κ2) is 4.22. The minimum Gasteiger partial charge on any atom is -0.335 e. The molecule has 3 N–H and O–H groups in total. The molecule has 6 heteroatoms. The van der Waals surface area contributed by atoms with Crippen molar-refractivity contribution in [2.45, 2.75) is 12.8 Å². The van der Waals surface area contributed by atoms with Crippen LogP contribution in [0.15, 0.2) is 24.5 Å². The first-order chi connectivity index (χ1) is 7.27. The molecule has 0 saturated heterocycles. The number of aromatic nitrogens is 4. The summed E-state index contributed by atoms with van der Waals surface area (Å²) >= 11 is 4.91. The van der Waals surface area contributed by atoms with E-state index in [0.717, 1.165) is 18.7 Å². The summed E-state index contributed by atoms with van der Waals surface area (Å²) in [4.78, 5) is 3.95. The zero-order chi connectivity index (χ0) is 10.7. The minimum atomic E-state index is 0.444. The Morgan fingerprint density at radius 1 is 1.33 bits per heavy atom. The third-order valence-corrected chi connectivity index (χ3v) is 2.45. The van der Waals surface area contributed by atoms with Gasteiger partial charge in [-0.3, -0.25) is 10.1 Å². The molecule has 78 valence electrons. The van der Waals surface area contributed by atoms with Gasteiger partial charge in [-0.2, -0.15) is 5.10 Å². The average molecular weight is 221 g/mol. The van der Waals surface area contributed by atoms with Crippen LogP contribution in [0.5, 0.6) is 0 Å². The fourth-order valence-electron chi connectivity index (χ4n) is 1.32. The molecule has 0 aromatic carbocycles. The zero-order valence-corrected chi connectivity index (χ0v) is 8.87. The molecular formula is C9H11N5S. The molecular weight excluding hydrogens is 210 g/mol. The molecule has 0 fully saturated rings. The van der Waals surface area contributed by atoms with Gasteiger partial charge in [-0.1, -0.05) is 0 Å². The molecule has 0 radical (unpaired) electrons. The van der Waals surface area contributed by atoms with Crippen molar-refractivity contribution < 1.29 is 0 Å². The van der Waals surface area contributed by atoms with Crippen LogP contribution in [-0.2, 0) is 12.8 Å². The van der Waals surface area contributed by atoms with E-state index in [2.05, 4.69) is 15.2 Å². The average Bonchev–Trinajstić information content (AvgIpc) is 2.59. The predicted octanol–water partition coefficient (Wildman–Crippen LogP) is 0.835. The Kier molecular flexibility index (Phi) is 2.77. The molecule has 2 heterocycles. The van der Waals surface area contributed by atoms with E-state index in [0.29, 0.717) is 4.77 Å². The van der Waals surface area contributed by atoms with Crippen molar-refractivity contribution in [3.63, 3.8) is 0 Å². The van der Waals surface area contributed by atoms with Crippen LogP contribution in [0.4, 0.5) is 0 Å². The lowest BCUT2D eigenvalue weighted by Gasteiger charge is -2.00. The summed E-state index contributed by atoms with van der Waals surface area (Å²) in [5.74, 6) is 6.43. The largest absolute Gasteiger partial charge is 0.335 e. The van der Waals surface area contributed by atoms with Crippen molar-refractivity contribution >= 4 is 12.2 Å². The van der Waals surface area contributed by atoms with Crippen LogP contribution < -0.4 is 5.84 Å². The van der Waals surface area contributed by atoms with Crippen molar-refractivity contribution in [2.24, 2.45) is 0 Å².